The van der Waals surface area contributed by atoms with Gasteiger partial charge in [0, 0.05) is 25.5 Å². The summed E-state index contributed by atoms with van der Waals surface area (Å²) in [5, 5.41) is 10.9. The lowest BCUT2D eigenvalue weighted by Gasteiger charge is -2.41. The number of benzene rings is 1. The summed E-state index contributed by atoms with van der Waals surface area (Å²) in [5.41, 5.74) is 2.47. The fourth-order valence-corrected chi connectivity index (χ4v) is 6.16. The van der Waals surface area contributed by atoms with Crippen molar-refractivity contribution in [1.29, 1.82) is 0 Å². The topological polar surface area (TPSA) is 73.3 Å². The van der Waals surface area contributed by atoms with E-state index < -0.39 is 15.4 Å². The molecular formula is C30H48B2N2O5Si. The van der Waals surface area contributed by atoms with E-state index in [0.29, 0.717) is 13.1 Å². The van der Waals surface area contributed by atoms with Crippen molar-refractivity contribution in [3.05, 3.63) is 53.9 Å². The lowest BCUT2D eigenvalue weighted by Crippen LogP contribution is -2.49. The molecule has 218 valence electrons. The zero-order chi connectivity index (χ0) is 29.5. The number of pyridine rings is 1. The molecule has 1 N–H and O–H groups in total. The Morgan fingerprint density at radius 1 is 1.18 bits per heavy atom. The second kappa shape index (κ2) is 11.5. The van der Waals surface area contributed by atoms with E-state index in [4.69, 9.17) is 18.5 Å². The van der Waals surface area contributed by atoms with E-state index in [1.165, 1.54) is 5.56 Å². The van der Waals surface area contributed by atoms with Crippen LogP contribution in [0.2, 0.25) is 25.0 Å². The van der Waals surface area contributed by atoms with Gasteiger partial charge >= 0.3 is 14.2 Å². The van der Waals surface area contributed by atoms with Crippen LogP contribution in [0.25, 0.3) is 0 Å². The van der Waals surface area contributed by atoms with Crippen LogP contribution in [-0.4, -0.2) is 67.7 Å². The number of hydrogen-bond acceptors (Lipinski definition) is 7. The summed E-state index contributed by atoms with van der Waals surface area (Å²) in [6.45, 7) is 22.5. The Hall–Kier alpha value is -1.68. The molecule has 1 aromatic carbocycles. The predicted octanol–water partition coefficient (Wildman–Crippen LogP) is 5.25. The van der Waals surface area contributed by atoms with Gasteiger partial charge in [-0.2, -0.15) is 0 Å². The van der Waals surface area contributed by atoms with Crippen molar-refractivity contribution >= 4 is 27.9 Å². The van der Waals surface area contributed by atoms with Gasteiger partial charge in [0.15, 0.2) is 8.32 Å². The Balaban J connectivity index is 1.46. The molecule has 40 heavy (non-hydrogen) atoms. The smallest absolute Gasteiger partial charge is 0.489 e. The lowest BCUT2D eigenvalue weighted by molar-refractivity contribution is 0.00578. The molecule has 7 nitrogen and oxygen atoms in total. The fraction of sp³-hybridized carbons (Fsp3) is 0.633. The zero-order valence-corrected chi connectivity index (χ0v) is 27.2. The number of aryl methyl sites for hydroxylation is 1. The van der Waals surface area contributed by atoms with Crippen LogP contribution in [0.1, 0.15) is 72.1 Å². The molecule has 2 aliphatic heterocycles. The van der Waals surface area contributed by atoms with Crippen molar-refractivity contribution in [2.75, 3.05) is 13.1 Å². The fourth-order valence-electron chi connectivity index (χ4n) is 4.88. The van der Waals surface area contributed by atoms with Gasteiger partial charge in [-0.05, 0) is 94.2 Å². The number of ether oxygens (including phenoxy) is 1. The van der Waals surface area contributed by atoms with Gasteiger partial charge in [-0.25, -0.2) is 0 Å². The van der Waals surface area contributed by atoms with E-state index >= 15 is 0 Å². The Morgan fingerprint density at radius 3 is 2.42 bits per heavy atom. The van der Waals surface area contributed by atoms with Gasteiger partial charge in [-0.1, -0.05) is 39.0 Å². The number of fused-ring (bicyclic) bond motifs is 1. The summed E-state index contributed by atoms with van der Waals surface area (Å²) < 4.78 is 25.9. The Kier molecular flexibility index (Phi) is 9.01. The van der Waals surface area contributed by atoms with Crippen LogP contribution >= 0.6 is 0 Å². The molecule has 4 rings (SSSR count). The monoisotopic (exact) mass is 566 g/mol. The molecule has 0 saturated carbocycles. The number of aromatic nitrogens is 1. The zero-order valence-electron chi connectivity index (χ0n) is 26.2. The molecule has 1 aromatic heterocycles. The molecule has 0 aliphatic carbocycles. The standard InChI is InChI=1S/C30H48B2N2O5Si/c1-28(2,3)40(9,10)37-27(23-12-11-17-33-19-23)21-34(31(8)35)20-25-15-13-22-18-24(14-16-26(22)36-25)32-38-29(4,5)30(6,7)39-32/h11-12,14,16-19,25,27,35H,13,15,20-21H2,1-10H3/t25-,27-/m0/s1. The minimum atomic E-state index is -2.07. The molecule has 1 saturated heterocycles. The molecule has 2 aliphatic rings. The average Bonchev–Trinajstić information content (AvgIpc) is 3.09. The third kappa shape index (κ3) is 6.85. The van der Waals surface area contributed by atoms with Crippen molar-refractivity contribution in [3.8, 4) is 5.75 Å². The summed E-state index contributed by atoms with van der Waals surface area (Å²) in [7, 11) is -3.10. The van der Waals surface area contributed by atoms with E-state index in [1.807, 2.05) is 31.2 Å². The maximum absolute atomic E-state index is 10.8. The second-order valence-corrected chi connectivity index (χ2v) is 18.7. The maximum atomic E-state index is 10.8. The maximum Gasteiger partial charge on any atom is 0.494 e. The Labute approximate surface area is 243 Å². The van der Waals surface area contributed by atoms with E-state index in [9.17, 15) is 5.02 Å². The van der Waals surface area contributed by atoms with Gasteiger partial charge in [0.1, 0.15) is 11.9 Å². The van der Waals surface area contributed by atoms with E-state index in [0.717, 1.165) is 29.6 Å². The van der Waals surface area contributed by atoms with Gasteiger partial charge in [0.05, 0.1) is 17.3 Å². The summed E-state index contributed by atoms with van der Waals surface area (Å²) in [5.74, 6) is 0.892. The molecule has 1 fully saturated rings. The normalized spacial score (nSPS) is 21.2. The second-order valence-electron chi connectivity index (χ2n) is 14.0. The molecule has 3 heterocycles. The quantitative estimate of drug-likeness (QED) is 0.416. The van der Waals surface area contributed by atoms with Gasteiger partial charge in [0.25, 0.3) is 0 Å². The van der Waals surface area contributed by atoms with Crippen LogP contribution in [0.5, 0.6) is 5.75 Å². The van der Waals surface area contributed by atoms with Gasteiger partial charge in [-0.15, -0.1) is 0 Å². The highest BCUT2D eigenvalue weighted by atomic mass is 28.4. The van der Waals surface area contributed by atoms with Crippen molar-refractivity contribution in [2.45, 2.75) is 110 Å². The van der Waals surface area contributed by atoms with Crippen LogP contribution in [0.15, 0.2) is 42.7 Å². The minimum absolute atomic E-state index is 0.0350. The number of rotatable bonds is 9. The van der Waals surface area contributed by atoms with E-state index in [1.54, 1.807) is 6.20 Å². The largest absolute Gasteiger partial charge is 0.494 e. The highest BCUT2D eigenvalue weighted by Crippen LogP contribution is 2.40. The summed E-state index contributed by atoms with van der Waals surface area (Å²) >= 11 is 0. The van der Waals surface area contributed by atoms with Gasteiger partial charge in [-0.3, -0.25) is 4.98 Å². The SMILES string of the molecule is CB(O)N(C[C@@H]1CCc2cc(B3OC(C)(C)C(C)(C)O3)ccc2O1)C[C@H](O[Si](C)(C)C(C)(C)C)c1cccnc1. The highest BCUT2D eigenvalue weighted by Gasteiger charge is 2.52. The third-order valence-corrected chi connectivity index (χ3v) is 13.8. The van der Waals surface area contributed by atoms with Crippen molar-refractivity contribution in [1.82, 2.24) is 9.79 Å². The Bertz CT molecular complexity index is 1140. The minimum Gasteiger partial charge on any atom is -0.489 e. The molecule has 0 bridgehead atoms. The lowest BCUT2D eigenvalue weighted by atomic mass is 9.77. The summed E-state index contributed by atoms with van der Waals surface area (Å²) in [6, 6.07) is 10.2. The molecule has 2 atom stereocenters. The average molecular weight is 566 g/mol. The van der Waals surface area contributed by atoms with Crippen molar-refractivity contribution in [3.63, 3.8) is 0 Å². The van der Waals surface area contributed by atoms with Crippen LogP contribution in [0.4, 0.5) is 0 Å². The first-order chi connectivity index (χ1) is 18.5. The van der Waals surface area contributed by atoms with Gasteiger partial charge < -0.3 is 28.3 Å². The van der Waals surface area contributed by atoms with Gasteiger partial charge in [0.2, 0.25) is 0 Å². The van der Waals surface area contributed by atoms with E-state index in [-0.39, 0.29) is 35.6 Å². The molecule has 10 heteroatoms. The van der Waals surface area contributed by atoms with Crippen LogP contribution < -0.4 is 10.2 Å². The molecular weight excluding hydrogens is 518 g/mol. The summed E-state index contributed by atoms with van der Waals surface area (Å²) in [4.78, 5) is 6.42. The number of hydrogen-bond donors (Lipinski definition) is 1. The highest BCUT2D eigenvalue weighted by molar-refractivity contribution is 6.74. The molecule has 0 spiro atoms. The van der Waals surface area contributed by atoms with Crippen LogP contribution in [-0.2, 0) is 20.2 Å². The van der Waals surface area contributed by atoms with Crippen LogP contribution in [0, 0.1) is 0 Å². The predicted molar refractivity (Wildman–Crippen MR) is 166 cm³/mol. The first-order valence-electron chi connectivity index (χ1n) is 14.6. The molecule has 0 amide bonds. The molecule has 0 unspecified atom stereocenters. The summed E-state index contributed by atoms with van der Waals surface area (Å²) in [6.07, 6.45) is 5.19. The first kappa shape index (κ1) is 31.3. The molecule has 2 aromatic rings. The van der Waals surface area contributed by atoms with E-state index in [2.05, 4.69) is 83.5 Å². The van der Waals surface area contributed by atoms with Crippen molar-refractivity contribution < 1.29 is 23.5 Å². The third-order valence-electron chi connectivity index (χ3n) is 9.31. The molecule has 0 radical (unpaired) electrons. The number of nitrogens with zero attached hydrogens (tertiary/aromatic N) is 2. The van der Waals surface area contributed by atoms with Crippen molar-refractivity contribution in [2.24, 2.45) is 0 Å². The van der Waals surface area contributed by atoms with Crippen LogP contribution in [0.3, 0.4) is 0 Å². The first-order valence-corrected chi connectivity index (χ1v) is 17.5. The Morgan fingerprint density at radius 2 is 1.85 bits per heavy atom.